The zero-order valence-electron chi connectivity index (χ0n) is 16.4. The molecule has 1 atom stereocenters. The number of hydrogen-bond donors (Lipinski definition) is 2. The first-order valence-corrected chi connectivity index (χ1v) is 12.3. The Kier molecular flexibility index (Phi) is 5.86. The molecule has 0 spiro atoms. The molecule has 1 unspecified atom stereocenters. The highest BCUT2D eigenvalue weighted by Gasteiger charge is 2.34. The lowest BCUT2D eigenvalue weighted by molar-refractivity contribution is -0.172. The van der Waals surface area contributed by atoms with Gasteiger partial charge < -0.3 is 18.9 Å². The van der Waals surface area contributed by atoms with Crippen LogP contribution in [0.25, 0.3) is 21.4 Å². The van der Waals surface area contributed by atoms with Crippen molar-refractivity contribution in [1.29, 1.82) is 0 Å². The lowest BCUT2D eigenvalue weighted by atomic mass is 10.1. The van der Waals surface area contributed by atoms with E-state index in [1.54, 1.807) is 0 Å². The highest BCUT2D eigenvalue weighted by Crippen LogP contribution is 2.37. The van der Waals surface area contributed by atoms with Crippen molar-refractivity contribution < 1.29 is 50.5 Å². The van der Waals surface area contributed by atoms with Crippen LogP contribution in [0.4, 0.5) is 0 Å². The molecule has 2 amide bonds. The summed E-state index contributed by atoms with van der Waals surface area (Å²) < 4.78 is 59.5. The number of aromatic hydroxyl groups is 1. The van der Waals surface area contributed by atoms with Crippen LogP contribution in [0.5, 0.6) is 5.75 Å². The molecule has 1 aliphatic rings. The smallest absolute Gasteiger partial charge is 0.367 e. The maximum absolute atomic E-state index is 12.5. The van der Waals surface area contributed by atoms with E-state index in [0.29, 0.717) is 17.4 Å². The monoisotopic (exact) mass is 528 g/mol. The highest BCUT2D eigenvalue weighted by molar-refractivity contribution is 7.88. The second-order valence-electron chi connectivity index (χ2n) is 6.78. The van der Waals surface area contributed by atoms with Gasteiger partial charge in [-0.3, -0.25) is 18.4 Å². The minimum atomic E-state index is -4.79. The molecular weight excluding hydrogens is 518 g/mol. The predicted molar refractivity (Wildman–Crippen MR) is 111 cm³/mol. The van der Waals surface area contributed by atoms with Gasteiger partial charge in [-0.05, 0) is 29.3 Å². The molecule has 0 radical (unpaired) electrons. The molecule has 1 fully saturated rings. The Hall–Kier alpha value is -3.44. The highest BCUT2D eigenvalue weighted by atomic mass is 32.3. The number of hydroxylamine groups is 2. The first-order valence-electron chi connectivity index (χ1n) is 8.96. The van der Waals surface area contributed by atoms with Gasteiger partial charge in [0.15, 0.2) is 0 Å². The molecule has 0 aliphatic carbocycles. The number of benzene rings is 1. The fourth-order valence-corrected chi connectivity index (χ4v) is 5.74. The summed E-state index contributed by atoms with van der Waals surface area (Å²) in [6.07, 6.45) is -0.305. The number of nitrogens with zero attached hydrogens (tertiary/aromatic N) is 1. The van der Waals surface area contributed by atoms with Gasteiger partial charge in [0.1, 0.15) is 21.1 Å². The minimum Gasteiger partial charge on any atom is -0.768 e. The minimum absolute atomic E-state index is 0.0251. The Morgan fingerprint density at radius 3 is 2.38 bits per heavy atom. The SMILES string of the molecule is O=C(ON1C(=O)CCC1=O)c1cc2cc(-c3sc(S(=O)(=O)O)cc3S(=O)[O-])c(=O)oc2cc1O. The first kappa shape index (κ1) is 23.7. The molecule has 0 bridgehead atoms. The van der Waals surface area contributed by atoms with Crippen molar-refractivity contribution in [2.24, 2.45) is 0 Å². The van der Waals surface area contributed by atoms with Crippen molar-refractivity contribution in [3.63, 3.8) is 0 Å². The second kappa shape index (κ2) is 8.41. The zero-order chi connectivity index (χ0) is 24.9. The standard InChI is InChI=1S/C18H11NO12S3/c20-10-5-11-7(3-8(10)18(24)31-19-13(21)1-2-14(19)22)4-9(17(23)30-11)16-12(33(25)26)6-15(32-16)34(27,28)29/h3-6,20H,1-2H2,(H,25,26)(H,27,28,29)/p-1. The van der Waals surface area contributed by atoms with Crippen molar-refractivity contribution in [2.75, 3.05) is 0 Å². The van der Waals surface area contributed by atoms with Crippen molar-refractivity contribution >= 4 is 61.3 Å². The number of imide groups is 1. The van der Waals surface area contributed by atoms with E-state index >= 15 is 0 Å². The molecular formula is C18H10NO12S3-. The lowest BCUT2D eigenvalue weighted by Gasteiger charge is -2.13. The summed E-state index contributed by atoms with van der Waals surface area (Å²) >= 11 is -2.71. The Bertz CT molecular complexity index is 1570. The van der Waals surface area contributed by atoms with Crippen LogP contribution in [0.2, 0.25) is 0 Å². The zero-order valence-corrected chi connectivity index (χ0v) is 18.8. The van der Waals surface area contributed by atoms with Gasteiger partial charge in [0.05, 0.1) is 10.4 Å². The van der Waals surface area contributed by atoms with Crippen LogP contribution >= 0.6 is 11.3 Å². The number of thiophene rings is 1. The quantitative estimate of drug-likeness (QED) is 0.205. The van der Waals surface area contributed by atoms with E-state index in [0.717, 1.165) is 18.2 Å². The molecule has 1 aromatic carbocycles. The van der Waals surface area contributed by atoms with Gasteiger partial charge in [-0.1, -0.05) is 0 Å². The molecule has 34 heavy (non-hydrogen) atoms. The number of carbonyl (C=O) groups is 3. The van der Waals surface area contributed by atoms with Crippen LogP contribution in [-0.2, 0) is 35.6 Å². The molecule has 3 aromatic rings. The summed E-state index contributed by atoms with van der Waals surface area (Å²) in [7, 11) is -4.79. The molecule has 1 aliphatic heterocycles. The number of hydrogen-bond acceptors (Lipinski definition) is 12. The van der Waals surface area contributed by atoms with E-state index in [4.69, 9.17) is 9.25 Å². The van der Waals surface area contributed by atoms with Gasteiger partial charge in [-0.25, -0.2) is 9.59 Å². The van der Waals surface area contributed by atoms with Crippen molar-refractivity contribution in [1.82, 2.24) is 5.06 Å². The van der Waals surface area contributed by atoms with Crippen molar-refractivity contribution in [2.45, 2.75) is 21.9 Å². The third-order valence-corrected chi connectivity index (χ3v) is 7.89. The first-order chi connectivity index (χ1) is 15.9. The molecule has 2 N–H and O–H groups in total. The number of carbonyl (C=O) groups excluding carboxylic acids is 3. The number of rotatable bonds is 5. The van der Waals surface area contributed by atoms with Gasteiger partial charge in [0, 0.05) is 29.2 Å². The second-order valence-corrected chi connectivity index (χ2v) is 10.4. The summed E-state index contributed by atoms with van der Waals surface area (Å²) in [5, 5.41) is 10.4. The Morgan fingerprint density at radius 1 is 1.15 bits per heavy atom. The fraction of sp³-hybridized carbons (Fsp3) is 0.111. The molecule has 3 heterocycles. The van der Waals surface area contributed by atoms with Gasteiger partial charge >= 0.3 is 21.7 Å². The van der Waals surface area contributed by atoms with Crippen molar-refractivity contribution in [3.05, 3.63) is 40.2 Å². The van der Waals surface area contributed by atoms with Crippen molar-refractivity contribution in [3.8, 4) is 16.2 Å². The van der Waals surface area contributed by atoms with Crippen LogP contribution in [0, 0.1) is 0 Å². The fourth-order valence-electron chi connectivity index (χ4n) is 3.06. The van der Waals surface area contributed by atoms with Gasteiger partial charge in [-0.15, -0.1) is 16.4 Å². The molecule has 4 rings (SSSR count). The molecule has 1 saturated heterocycles. The summed E-state index contributed by atoms with van der Waals surface area (Å²) in [6, 6.07) is 3.61. The van der Waals surface area contributed by atoms with Crippen LogP contribution in [0.3, 0.4) is 0 Å². The molecule has 178 valence electrons. The molecule has 0 saturated carbocycles. The average Bonchev–Trinajstić information content (AvgIpc) is 3.32. The normalized spacial score (nSPS) is 15.2. The maximum atomic E-state index is 12.5. The summed E-state index contributed by atoms with van der Waals surface area (Å²) in [5.41, 5.74) is -2.27. The van der Waals surface area contributed by atoms with Gasteiger partial charge in [0.25, 0.3) is 11.8 Å². The van der Waals surface area contributed by atoms with E-state index in [9.17, 15) is 46.0 Å². The largest absolute Gasteiger partial charge is 0.768 e. The number of fused-ring (bicyclic) bond motifs is 1. The molecule has 13 nitrogen and oxygen atoms in total. The summed E-state index contributed by atoms with van der Waals surface area (Å²) in [5.74, 6) is -3.49. The van der Waals surface area contributed by atoms with Gasteiger partial charge in [-0.2, -0.15) is 8.42 Å². The Morgan fingerprint density at radius 2 is 1.79 bits per heavy atom. The number of phenols is 1. The third kappa shape index (κ3) is 4.24. The summed E-state index contributed by atoms with van der Waals surface area (Å²) in [4.78, 5) is 52.0. The maximum Gasteiger partial charge on any atom is 0.367 e. The Labute approximate surface area is 195 Å². The predicted octanol–water partition coefficient (Wildman–Crippen LogP) is 0.933. The van der Waals surface area contributed by atoms with E-state index in [1.807, 2.05) is 0 Å². The third-order valence-electron chi connectivity index (χ3n) is 4.60. The summed E-state index contributed by atoms with van der Waals surface area (Å²) in [6.45, 7) is 0. The van der Waals surface area contributed by atoms with E-state index in [-0.39, 0.29) is 33.8 Å². The van der Waals surface area contributed by atoms with Crippen LogP contribution in [0.15, 0.2) is 42.6 Å². The van der Waals surface area contributed by atoms with E-state index < -0.39 is 70.6 Å². The topological polar surface area (TPSA) is 209 Å². The van der Waals surface area contributed by atoms with Crippen LogP contribution in [0.1, 0.15) is 23.2 Å². The van der Waals surface area contributed by atoms with E-state index in [2.05, 4.69) is 0 Å². The lowest BCUT2D eigenvalue weighted by Crippen LogP contribution is -2.32. The van der Waals surface area contributed by atoms with Crippen LogP contribution in [-0.4, -0.2) is 49.7 Å². The van der Waals surface area contributed by atoms with Gasteiger partial charge in [0.2, 0.25) is 0 Å². The van der Waals surface area contributed by atoms with Crippen LogP contribution < -0.4 is 5.63 Å². The number of phenolic OH excluding ortho intramolecular Hbond substituents is 1. The number of amides is 2. The average molecular weight is 528 g/mol. The van der Waals surface area contributed by atoms with E-state index in [1.165, 1.54) is 0 Å². The molecule has 16 heteroatoms. The Balaban J connectivity index is 1.83. The molecule has 2 aromatic heterocycles.